The summed E-state index contributed by atoms with van der Waals surface area (Å²) in [7, 11) is 0. The number of rotatable bonds is 6. The van der Waals surface area contributed by atoms with Gasteiger partial charge in [-0.3, -0.25) is 19.8 Å². The van der Waals surface area contributed by atoms with E-state index in [0.29, 0.717) is 34.1 Å². The van der Waals surface area contributed by atoms with Gasteiger partial charge in [-0.05, 0) is 56.3 Å². The number of benzene rings is 3. The summed E-state index contributed by atoms with van der Waals surface area (Å²) in [6, 6.07) is 23.2. The van der Waals surface area contributed by atoms with Gasteiger partial charge in [-0.25, -0.2) is 9.36 Å². The number of nitrogens with one attached hydrogen (secondary N) is 2. The average Bonchev–Trinajstić information content (AvgIpc) is 3.36. The SMILES string of the molecule is Cc1[nH]n(-c2ccccc2)c(=O)c1N=Nc1ccc(N=Nc2c(C)[nH]n(-c3ccccc3)c2=O)c(Cl)c1. The van der Waals surface area contributed by atoms with Crippen LogP contribution in [0.5, 0.6) is 0 Å². The average molecular weight is 513 g/mol. The summed E-state index contributed by atoms with van der Waals surface area (Å²) in [6.45, 7) is 3.50. The third-order valence-corrected chi connectivity index (χ3v) is 5.87. The van der Waals surface area contributed by atoms with Crippen molar-refractivity contribution in [2.75, 3.05) is 0 Å². The minimum Gasteiger partial charge on any atom is -0.293 e. The Labute approximate surface area is 215 Å². The number of halogens is 1. The zero-order valence-electron chi connectivity index (χ0n) is 19.9. The Morgan fingerprint density at radius 2 is 1.14 bits per heavy atom. The van der Waals surface area contributed by atoms with Crippen molar-refractivity contribution >= 4 is 34.4 Å². The van der Waals surface area contributed by atoms with Crippen LogP contribution in [-0.2, 0) is 0 Å². The zero-order valence-corrected chi connectivity index (χ0v) is 20.6. The van der Waals surface area contributed by atoms with E-state index in [9.17, 15) is 9.59 Å². The molecule has 2 N–H and O–H groups in total. The quantitative estimate of drug-likeness (QED) is 0.244. The first-order chi connectivity index (χ1) is 17.9. The minimum atomic E-state index is -0.322. The predicted octanol–water partition coefficient (Wildman–Crippen LogP) is 6.75. The number of hydrogen-bond donors (Lipinski definition) is 2. The van der Waals surface area contributed by atoms with E-state index in [2.05, 4.69) is 30.7 Å². The van der Waals surface area contributed by atoms with Gasteiger partial charge in [0, 0.05) is 0 Å². The van der Waals surface area contributed by atoms with E-state index in [4.69, 9.17) is 11.6 Å². The maximum Gasteiger partial charge on any atom is 0.299 e. The maximum absolute atomic E-state index is 12.8. The molecule has 5 aromatic rings. The van der Waals surface area contributed by atoms with Crippen LogP contribution in [0.2, 0.25) is 5.02 Å². The monoisotopic (exact) mass is 512 g/mol. The second-order valence-corrected chi connectivity index (χ2v) is 8.57. The molecule has 10 nitrogen and oxygen atoms in total. The summed E-state index contributed by atoms with van der Waals surface area (Å²) >= 11 is 6.39. The lowest BCUT2D eigenvalue weighted by molar-refractivity contribution is 0.835. The van der Waals surface area contributed by atoms with E-state index in [0.717, 1.165) is 0 Å². The smallest absolute Gasteiger partial charge is 0.293 e. The lowest BCUT2D eigenvalue weighted by Crippen LogP contribution is -2.13. The third-order valence-electron chi connectivity index (χ3n) is 5.56. The molecule has 0 aliphatic rings. The first kappa shape index (κ1) is 23.9. The lowest BCUT2D eigenvalue weighted by Gasteiger charge is -1.99. The Morgan fingerprint density at radius 3 is 1.62 bits per heavy atom. The van der Waals surface area contributed by atoms with Crippen molar-refractivity contribution in [1.29, 1.82) is 0 Å². The number of H-pyrrole nitrogens is 2. The summed E-state index contributed by atoms with van der Waals surface area (Å²) in [6.07, 6.45) is 0. The third kappa shape index (κ3) is 4.82. The topological polar surface area (TPSA) is 125 Å². The molecule has 0 atom stereocenters. The lowest BCUT2D eigenvalue weighted by atomic mass is 10.3. The highest BCUT2D eigenvalue weighted by Crippen LogP contribution is 2.31. The molecule has 0 saturated carbocycles. The van der Waals surface area contributed by atoms with E-state index in [1.807, 2.05) is 60.7 Å². The molecule has 0 radical (unpaired) electrons. The van der Waals surface area contributed by atoms with Gasteiger partial charge in [0.05, 0.1) is 33.5 Å². The molecule has 0 amide bonds. The minimum absolute atomic E-state index is 0.182. The van der Waals surface area contributed by atoms with Crippen molar-refractivity contribution in [3.63, 3.8) is 0 Å². The fourth-order valence-electron chi connectivity index (χ4n) is 3.68. The van der Waals surface area contributed by atoms with Crippen molar-refractivity contribution in [3.05, 3.63) is 116 Å². The van der Waals surface area contributed by atoms with Crippen molar-refractivity contribution in [2.24, 2.45) is 20.5 Å². The molecule has 184 valence electrons. The highest BCUT2D eigenvalue weighted by atomic mass is 35.5. The van der Waals surface area contributed by atoms with E-state index in [1.165, 1.54) is 9.36 Å². The zero-order chi connectivity index (χ0) is 25.9. The van der Waals surface area contributed by atoms with Crippen LogP contribution in [0.25, 0.3) is 11.4 Å². The molecule has 2 aromatic heterocycles. The van der Waals surface area contributed by atoms with Crippen molar-refractivity contribution in [2.45, 2.75) is 13.8 Å². The van der Waals surface area contributed by atoms with Gasteiger partial charge in [-0.2, -0.15) is 5.11 Å². The molecule has 0 aliphatic heterocycles. The molecule has 0 saturated heterocycles. The molecule has 11 heteroatoms. The second-order valence-electron chi connectivity index (χ2n) is 8.16. The van der Waals surface area contributed by atoms with Gasteiger partial charge in [0.15, 0.2) is 11.4 Å². The number of aromatic amines is 2. The van der Waals surface area contributed by atoms with Crippen LogP contribution >= 0.6 is 11.6 Å². The normalized spacial score (nSPS) is 11.6. The molecule has 37 heavy (non-hydrogen) atoms. The highest BCUT2D eigenvalue weighted by molar-refractivity contribution is 6.33. The molecular weight excluding hydrogens is 492 g/mol. The van der Waals surface area contributed by atoms with Crippen molar-refractivity contribution in [1.82, 2.24) is 19.6 Å². The van der Waals surface area contributed by atoms with Crippen LogP contribution in [0.15, 0.2) is 109 Å². The number of aryl methyl sites for hydroxylation is 2. The van der Waals surface area contributed by atoms with Crippen LogP contribution in [0.3, 0.4) is 0 Å². The van der Waals surface area contributed by atoms with Crippen LogP contribution in [0.1, 0.15) is 11.4 Å². The standard InChI is InChI=1S/C26H21ClN8O2/c1-16-23(25(36)34(32-16)19-9-5-3-6-10-19)30-28-18-13-14-22(21(27)15-18)29-31-24-17(2)33-35(26(24)37)20-11-7-4-8-12-20/h3-15,32-33H,1-2H3. The van der Waals surface area contributed by atoms with E-state index in [1.54, 1.807) is 32.0 Å². The molecule has 0 bridgehead atoms. The Balaban J connectivity index is 1.38. The maximum atomic E-state index is 12.8. The van der Waals surface area contributed by atoms with Gasteiger partial charge in [0.25, 0.3) is 11.1 Å². The van der Waals surface area contributed by atoms with Crippen LogP contribution in [0.4, 0.5) is 22.7 Å². The second kappa shape index (κ2) is 10.0. The Bertz CT molecular complexity index is 1750. The Hall–Kier alpha value is -4.83. The summed E-state index contributed by atoms with van der Waals surface area (Å²) < 4.78 is 2.82. The van der Waals surface area contributed by atoms with Gasteiger partial charge in [0.1, 0.15) is 5.69 Å². The summed E-state index contributed by atoms with van der Waals surface area (Å²) in [4.78, 5) is 25.6. The molecule has 0 spiro atoms. The molecule has 5 rings (SSSR count). The van der Waals surface area contributed by atoms with Gasteiger partial charge in [-0.15, -0.1) is 15.3 Å². The number of para-hydroxylation sites is 2. The van der Waals surface area contributed by atoms with E-state index < -0.39 is 0 Å². The molecule has 0 aliphatic carbocycles. The molecule has 2 heterocycles. The van der Waals surface area contributed by atoms with E-state index >= 15 is 0 Å². The van der Waals surface area contributed by atoms with Crippen molar-refractivity contribution < 1.29 is 0 Å². The number of nitrogens with zero attached hydrogens (tertiary/aromatic N) is 6. The summed E-state index contributed by atoms with van der Waals surface area (Å²) in [5, 5.41) is 22.9. The van der Waals surface area contributed by atoms with Crippen LogP contribution in [0, 0.1) is 13.8 Å². The van der Waals surface area contributed by atoms with Crippen LogP contribution < -0.4 is 11.1 Å². The Morgan fingerprint density at radius 1 is 0.649 bits per heavy atom. The van der Waals surface area contributed by atoms with Gasteiger partial charge < -0.3 is 0 Å². The van der Waals surface area contributed by atoms with E-state index in [-0.39, 0.29) is 27.5 Å². The molecule has 0 fully saturated rings. The number of azo groups is 2. The highest BCUT2D eigenvalue weighted by Gasteiger charge is 2.13. The van der Waals surface area contributed by atoms with Crippen LogP contribution in [-0.4, -0.2) is 19.6 Å². The summed E-state index contributed by atoms with van der Waals surface area (Å²) in [5.41, 5.74) is 3.07. The van der Waals surface area contributed by atoms with Gasteiger partial charge in [0.2, 0.25) is 0 Å². The molecular formula is C26H21ClN8O2. The fourth-order valence-corrected chi connectivity index (χ4v) is 3.89. The molecule has 3 aromatic carbocycles. The van der Waals surface area contributed by atoms with Gasteiger partial charge >= 0.3 is 0 Å². The molecule has 0 unspecified atom stereocenters. The predicted molar refractivity (Wildman–Crippen MR) is 142 cm³/mol. The first-order valence-corrected chi connectivity index (χ1v) is 11.7. The number of aromatic nitrogens is 4. The largest absolute Gasteiger partial charge is 0.299 e. The first-order valence-electron chi connectivity index (χ1n) is 11.3. The van der Waals surface area contributed by atoms with Crippen molar-refractivity contribution in [3.8, 4) is 11.4 Å². The summed E-state index contributed by atoms with van der Waals surface area (Å²) in [5.74, 6) is 0. The van der Waals surface area contributed by atoms with Gasteiger partial charge in [-0.1, -0.05) is 48.0 Å². The fraction of sp³-hybridized carbons (Fsp3) is 0.0769. The number of hydrogen-bond acceptors (Lipinski definition) is 6. The Kier molecular flexibility index (Phi) is 6.48.